The minimum Gasteiger partial charge on any atom is -0.465 e. The molecular formula is C20H20Cl2N2O7S. The van der Waals surface area contributed by atoms with Crippen LogP contribution in [0, 0.1) is 0 Å². The molecule has 0 aliphatic rings. The van der Waals surface area contributed by atoms with E-state index in [1.807, 2.05) is 0 Å². The van der Waals surface area contributed by atoms with E-state index in [4.69, 9.17) is 23.2 Å². The van der Waals surface area contributed by atoms with Gasteiger partial charge >= 0.3 is 11.9 Å². The Morgan fingerprint density at radius 1 is 0.938 bits per heavy atom. The average molecular weight is 503 g/mol. The van der Waals surface area contributed by atoms with Crippen LogP contribution in [0.5, 0.6) is 0 Å². The van der Waals surface area contributed by atoms with Gasteiger partial charge in [-0.25, -0.2) is 18.0 Å². The topological polar surface area (TPSA) is 119 Å². The van der Waals surface area contributed by atoms with Gasteiger partial charge < -0.3 is 14.8 Å². The number of anilines is 1. The molecule has 0 aliphatic heterocycles. The third-order valence-electron chi connectivity index (χ3n) is 4.19. The molecule has 0 atom stereocenters. The number of halogens is 2. The lowest BCUT2D eigenvalue weighted by Crippen LogP contribution is -2.37. The van der Waals surface area contributed by atoms with E-state index in [0.29, 0.717) is 10.6 Å². The number of hydrogen-bond acceptors (Lipinski definition) is 7. The molecule has 2 aromatic carbocycles. The number of esters is 2. The quantitative estimate of drug-likeness (QED) is 0.550. The summed E-state index contributed by atoms with van der Waals surface area (Å²) in [5.74, 6) is -2.17. The van der Waals surface area contributed by atoms with Gasteiger partial charge in [-0.05, 0) is 35.9 Å². The highest BCUT2D eigenvalue weighted by Crippen LogP contribution is 2.24. The molecule has 0 aliphatic carbocycles. The van der Waals surface area contributed by atoms with Gasteiger partial charge in [0.05, 0.1) is 48.2 Å². The number of hydrogen-bond donors (Lipinski definition) is 1. The largest absolute Gasteiger partial charge is 0.465 e. The van der Waals surface area contributed by atoms with Gasteiger partial charge in [0.2, 0.25) is 15.9 Å². The second-order valence-electron chi connectivity index (χ2n) is 6.61. The van der Waals surface area contributed by atoms with Crippen molar-refractivity contribution in [1.82, 2.24) is 4.31 Å². The first-order valence-electron chi connectivity index (χ1n) is 8.95. The van der Waals surface area contributed by atoms with E-state index in [1.54, 1.807) is 6.07 Å². The van der Waals surface area contributed by atoms with Gasteiger partial charge in [-0.1, -0.05) is 29.3 Å². The highest BCUT2D eigenvalue weighted by molar-refractivity contribution is 7.88. The van der Waals surface area contributed by atoms with Crippen LogP contribution in [0.1, 0.15) is 26.3 Å². The molecule has 0 radical (unpaired) electrons. The fraction of sp³-hybridized carbons (Fsp3) is 0.250. The van der Waals surface area contributed by atoms with E-state index < -0.39 is 34.4 Å². The van der Waals surface area contributed by atoms with Crippen LogP contribution >= 0.6 is 23.2 Å². The number of benzene rings is 2. The van der Waals surface area contributed by atoms with Gasteiger partial charge in [0, 0.05) is 12.2 Å². The van der Waals surface area contributed by atoms with Gasteiger partial charge in [-0.3, -0.25) is 4.79 Å². The van der Waals surface area contributed by atoms with Crippen LogP contribution in [0.25, 0.3) is 0 Å². The first kappa shape index (κ1) is 25.6. The maximum absolute atomic E-state index is 12.6. The molecular weight excluding hydrogens is 483 g/mol. The molecule has 0 unspecified atom stereocenters. The van der Waals surface area contributed by atoms with Crippen molar-refractivity contribution in [2.45, 2.75) is 6.54 Å². The molecule has 0 spiro atoms. The van der Waals surface area contributed by atoms with Crippen LogP contribution in [-0.4, -0.2) is 57.6 Å². The standard InChI is InChI=1S/C20H20Cl2N2O7S/c1-30-19(26)13-7-14(20(27)31-2)9-15(8-13)23-18(25)11-24(32(3,28)29)10-12-4-5-16(21)17(22)6-12/h4-9H,10-11H2,1-3H3,(H,23,25). The summed E-state index contributed by atoms with van der Waals surface area (Å²) in [5, 5.41) is 3.04. The SMILES string of the molecule is COC(=O)c1cc(NC(=O)CN(Cc2ccc(Cl)c(Cl)c2)S(C)(=O)=O)cc(C(=O)OC)c1. The van der Waals surface area contributed by atoms with E-state index in [2.05, 4.69) is 14.8 Å². The number of ether oxygens (including phenoxy) is 2. The summed E-state index contributed by atoms with van der Waals surface area (Å²) >= 11 is 11.9. The Labute approximate surface area is 195 Å². The fourth-order valence-corrected chi connectivity index (χ4v) is 3.72. The fourth-order valence-electron chi connectivity index (χ4n) is 2.66. The number of carbonyl (C=O) groups is 3. The predicted octanol–water partition coefficient (Wildman–Crippen LogP) is 2.97. The second-order valence-corrected chi connectivity index (χ2v) is 9.41. The van der Waals surface area contributed by atoms with Crippen LogP contribution < -0.4 is 5.32 Å². The van der Waals surface area contributed by atoms with Crippen LogP contribution in [0.15, 0.2) is 36.4 Å². The van der Waals surface area contributed by atoms with Crippen molar-refractivity contribution in [3.63, 3.8) is 0 Å². The molecule has 2 aromatic rings. The Morgan fingerprint density at radius 3 is 1.97 bits per heavy atom. The van der Waals surface area contributed by atoms with E-state index in [1.165, 1.54) is 44.6 Å². The summed E-state index contributed by atoms with van der Waals surface area (Å²) in [6.07, 6.45) is 0.963. The van der Waals surface area contributed by atoms with Gasteiger partial charge in [-0.2, -0.15) is 4.31 Å². The molecule has 0 aromatic heterocycles. The van der Waals surface area contributed by atoms with Gasteiger partial charge in [0.15, 0.2) is 0 Å². The number of nitrogens with one attached hydrogen (secondary N) is 1. The normalized spacial score (nSPS) is 11.2. The number of nitrogens with zero attached hydrogens (tertiary/aromatic N) is 1. The Balaban J connectivity index is 2.26. The van der Waals surface area contributed by atoms with Gasteiger partial charge in [0.25, 0.3) is 0 Å². The summed E-state index contributed by atoms with van der Waals surface area (Å²) in [6.45, 7) is -0.659. The van der Waals surface area contributed by atoms with E-state index >= 15 is 0 Å². The van der Waals surface area contributed by atoms with Crippen LogP contribution in [0.3, 0.4) is 0 Å². The molecule has 12 heteroatoms. The number of amides is 1. The Bertz CT molecular complexity index is 1120. The number of sulfonamides is 1. The minimum atomic E-state index is -3.78. The molecule has 172 valence electrons. The molecule has 2 rings (SSSR count). The van der Waals surface area contributed by atoms with Crippen LogP contribution in [-0.2, 0) is 30.8 Å². The summed E-state index contributed by atoms with van der Waals surface area (Å²) < 4.78 is 34.6. The van der Waals surface area contributed by atoms with Crippen molar-refractivity contribution >= 4 is 56.8 Å². The van der Waals surface area contributed by atoms with Crippen molar-refractivity contribution in [3.8, 4) is 0 Å². The third-order valence-corrected chi connectivity index (χ3v) is 6.13. The van der Waals surface area contributed by atoms with E-state index in [0.717, 1.165) is 10.6 Å². The lowest BCUT2D eigenvalue weighted by Gasteiger charge is -2.20. The van der Waals surface area contributed by atoms with Crippen molar-refractivity contribution in [3.05, 3.63) is 63.1 Å². The molecule has 0 bridgehead atoms. The molecule has 1 amide bonds. The Kier molecular flexibility index (Phi) is 8.62. The van der Waals surface area contributed by atoms with Crippen molar-refractivity contribution in [2.75, 3.05) is 32.3 Å². The van der Waals surface area contributed by atoms with Gasteiger partial charge in [-0.15, -0.1) is 0 Å². The van der Waals surface area contributed by atoms with E-state index in [9.17, 15) is 22.8 Å². The summed E-state index contributed by atoms with van der Waals surface area (Å²) in [5.41, 5.74) is 0.613. The summed E-state index contributed by atoms with van der Waals surface area (Å²) in [7, 11) is -1.45. The Hall–Kier alpha value is -2.66. The zero-order chi connectivity index (χ0) is 24.1. The first-order valence-corrected chi connectivity index (χ1v) is 11.6. The van der Waals surface area contributed by atoms with E-state index in [-0.39, 0.29) is 28.4 Å². The molecule has 0 saturated carbocycles. The highest BCUT2D eigenvalue weighted by Gasteiger charge is 2.22. The molecule has 0 saturated heterocycles. The van der Waals surface area contributed by atoms with Crippen LogP contribution in [0.2, 0.25) is 10.0 Å². The Morgan fingerprint density at radius 2 is 1.50 bits per heavy atom. The minimum absolute atomic E-state index is 0.00137. The highest BCUT2D eigenvalue weighted by atomic mass is 35.5. The first-order chi connectivity index (χ1) is 14.9. The van der Waals surface area contributed by atoms with Crippen molar-refractivity contribution in [1.29, 1.82) is 0 Å². The maximum Gasteiger partial charge on any atom is 0.337 e. The molecule has 0 heterocycles. The molecule has 32 heavy (non-hydrogen) atoms. The zero-order valence-corrected chi connectivity index (χ0v) is 19.7. The maximum atomic E-state index is 12.6. The zero-order valence-electron chi connectivity index (χ0n) is 17.3. The summed E-state index contributed by atoms with van der Waals surface area (Å²) in [4.78, 5) is 36.4. The average Bonchev–Trinajstić information content (AvgIpc) is 2.73. The molecule has 0 fully saturated rings. The number of carbonyl (C=O) groups excluding carboxylic acids is 3. The molecule has 9 nitrogen and oxygen atoms in total. The molecule has 1 N–H and O–H groups in total. The summed E-state index contributed by atoms with van der Waals surface area (Å²) in [6, 6.07) is 8.45. The second kappa shape index (κ2) is 10.8. The lowest BCUT2D eigenvalue weighted by molar-refractivity contribution is -0.116. The third kappa shape index (κ3) is 6.92. The van der Waals surface area contributed by atoms with Crippen molar-refractivity contribution < 1.29 is 32.3 Å². The van der Waals surface area contributed by atoms with Gasteiger partial charge in [0.1, 0.15) is 0 Å². The lowest BCUT2D eigenvalue weighted by atomic mass is 10.1. The smallest absolute Gasteiger partial charge is 0.337 e. The number of methoxy groups -OCH3 is 2. The number of rotatable bonds is 8. The monoisotopic (exact) mass is 502 g/mol. The predicted molar refractivity (Wildman–Crippen MR) is 119 cm³/mol. The van der Waals surface area contributed by atoms with Crippen LogP contribution in [0.4, 0.5) is 5.69 Å². The van der Waals surface area contributed by atoms with Crippen molar-refractivity contribution in [2.24, 2.45) is 0 Å².